The van der Waals surface area contributed by atoms with Gasteiger partial charge in [-0.1, -0.05) is 12.8 Å². The number of likely N-dealkylation sites (tertiary alicyclic amines) is 1. The molecule has 2 amide bonds. The average Bonchev–Trinajstić information content (AvgIpc) is 3.41. The Morgan fingerprint density at radius 3 is 2.44 bits per heavy atom. The second-order valence-electron chi connectivity index (χ2n) is 11.0. The van der Waals surface area contributed by atoms with Crippen molar-refractivity contribution >= 4 is 11.8 Å². The molecule has 6 unspecified atom stereocenters. The molecule has 2 saturated carbocycles. The number of ether oxygens (including phenoxy) is 1. The van der Waals surface area contributed by atoms with Crippen molar-refractivity contribution in [2.75, 3.05) is 26.3 Å². The van der Waals surface area contributed by atoms with E-state index < -0.39 is 0 Å². The quantitative estimate of drug-likeness (QED) is 0.593. The van der Waals surface area contributed by atoms with Crippen molar-refractivity contribution in [3.05, 3.63) is 0 Å². The average molecular weight is 446 g/mol. The van der Waals surface area contributed by atoms with Crippen molar-refractivity contribution in [3.8, 4) is 0 Å². The zero-order valence-electron chi connectivity index (χ0n) is 19.1. The van der Waals surface area contributed by atoms with Crippen LogP contribution in [0.4, 0.5) is 0 Å². The van der Waals surface area contributed by atoms with Gasteiger partial charge in [0.05, 0.1) is 6.04 Å². The van der Waals surface area contributed by atoms with Crippen molar-refractivity contribution in [3.63, 3.8) is 0 Å². The molecule has 0 aromatic heterocycles. The lowest BCUT2D eigenvalue weighted by Crippen LogP contribution is -2.57. The molecule has 0 bridgehead atoms. The molecule has 8 nitrogen and oxygen atoms in total. The third kappa shape index (κ3) is 3.97. The Hall–Kier alpha value is -1.22. The highest BCUT2D eigenvalue weighted by molar-refractivity contribution is 5.85. The van der Waals surface area contributed by atoms with Crippen LogP contribution in [0.2, 0.25) is 0 Å². The summed E-state index contributed by atoms with van der Waals surface area (Å²) in [7, 11) is 0. The van der Waals surface area contributed by atoms with Gasteiger partial charge in [-0.3, -0.25) is 15.0 Å². The lowest BCUT2D eigenvalue weighted by Gasteiger charge is -2.40. The van der Waals surface area contributed by atoms with Gasteiger partial charge in [-0.15, -0.1) is 0 Å². The second-order valence-corrected chi connectivity index (χ2v) is 11.0. The molecule has 4 aliphatic heterocycles. The predicted octanol–water partition coefficient (Wildman–Crippen LogP) is 0.771. The van der Waals surface area contributed by atoms with Gasteiger partial charge in [-0.2, -0.15) is 0 Å². The van der Waals surface area contributed by atoms with E-state index in [1.807, 2.05) is 0 Å². The first kappa shape index (κ1) is 21.3. The Kier molecular flexibility index (Phi) is 5.90. The van der Waals surface area contributed by atoms with E-state index in [2.05, 4.69) is 26.0 Å². The zero-order valence-corrected chi connectivity index (χ0v) is 19.1. The van der Waals surface area contributed by atoms with Crippen LogP contribution in [0.25, 0.3) is 0 Å². The van der Waals surface area contributed by atoms with Crippen LogP contribution >= 0.6 is 0 Å². The normalized spacial score (nSPS) is 40.1. The van der Waals surface area contributed by atoms with Gasteiger partial charge in [0, 0.05) is 56.4 Å². The number of nitrogens with one attached hydrogen (secondary N) is 3. The number of piperidine rings is 1. The van der Waals surface area contributed by atoms with Crippen LogP contribution in [0.3, 0.4) is 0 Å². The summed E-state index contributed by atoms with van der Waals surface area (Å²) in [6.07, 6.45) is 11.1. The highest BCUT2D eigenvalue weighted by Crippen LogP contribution is 2.36. The standard InChI is InChI=1S/C24H39N5O3/c30-23(21-13-15-3-1-2-4-19(15)25-21)28-10-7-20-18(14-28)22(27-26-20)24(31)29(16-5-6-16)17-8-11-32-12-9-17/h15-22,25-27H,1-14H2. The van der Waals surface area contributed by atoms with Crippen LogP contribution in [0.1, 0.15) is 64.2 Å². The van der Waals surface area contributed by atoms with Crippen LogP contribution in [-0.4, -0.2) is 84.2 Å². The largest absolute Gasteiger partial charge is 0.381 e. The van der Waals surface area contributed by atoms with Gasteiger partial charge in [0.1, 0.15) is 6.04 Å². The number of amides is 2. The molecular formula is C24H39N5O3. The summed E-state index contributed by atoms with van der Waals surface area (Å²) in [5.74, 6) is 1.31. The van der Waals surface area contributed by atoms with E-state index in [-0.39, 0.29) is 35.9 Å². The Bertz CT molecular complexity index is 710. The third-order valence-electron chi connectivity index (χ3n) is 9.03. The summed E-state index contributed by atoms with van der Waals surface area (Å²) in [6.45, 7) is 2.97. The monoisotopic (exact) mass is 445 g/mol. The molecule has 32 heavy (non-hydrogen) atoms. The lowest BCUT2D eigenvalue weighted by atomic mass is 9.84. The molecule has 4 saturated heterocycles. The molecule has 6 fully saturated rings. The van der Waals surface area contributed by atoms with Gasteiger partial charge in [-0.25, -0.2) is 5.43 Å². The minimum Gasteiger partial charge on any atom is -0.381 e. The van der Waals surface area contributed by atoms with E-state index in [0.29, 0.717) is 30.6 Å². The Labute approximate surface area is 191 Å². The minimum absolute atomic E-state index is 0.0266. The summed E-state index contributed by atoms with van der Waals surface area (Å²) in [4.78, 5) is 31.4. The Morgan fingerprint density at radius 2 is 1.66 bits per heavy atom. The molecule has 6 aliphatic rings. The molecule has 6 atom stereocenters. The molecular weight excluding hydrogens is 406 g/mol. The van der Waals surface area contributed by atoms with Crippen molar-refractivity contribution in [1.82, 2.24) is 26.0 Å². The molecule has 2 aliphatic carbocycles. The van der Waals surface area contributed by atoms with Gasteiger partial charge >= 0.3 is 0 Å². The van der Waals surface area contributed by atoms with Gasteiger partial charge in [0.15, 0.2) is 0 Å². The molecule has 0 radical (unpaired) electrons. The number of carbonyl (C=O) groups excluding carboxylic acids is 2. The van der Waals surface area contributed by atoms with E-state index in [4.69, 9.17) is 4.74 Å². The number of hydrazine groups is 1. The van der Waals surface area contributed by atoms with Gasteiger partial charge in [0.25, 0.3) is 0 Å². The molecule has 8 heteroatoms. The molecule has 4 heterocycles. The van der Waals surface area contributed by atoms with Crippen molar-refractivity contribution in [1.29, 1.82) is 0 Å². The molecule has 0 spiro atoms. The van der Waals surface area contributed by atoms with Crippen molar-refractivity contribution in [2.45, 2.75) is 100 Å². The highest BCUT2D eigenvalue weighted by Gasteiger charge is 2.50. The number of carbonyl (C=O) groups is 2. The van der Waals surface area contributed by atoms with E-state index in [1.165, 1.54) is 25.7 Å². The number of fused-ring (bicyclic) bond motifs is 2. The molecule has 6 rings (SSSR count). The van der Waals surface area contributed by atoms with Crippen molar-refractivity contribution < 1.29 is 14.3 Å². The van der Waals surface area contributed by atoms with Crippen LogP contribution in [-0.2, 0) is 14.3 Å². The topological polar surface area (TPSA) is 85.9 Å². The summed E-state index contributed by atoms with van der Waals surface area (Å²) < 4.78 is 5.55. The summed E-state index contributed by atoms with van der Waals surface area (Å²) in [5.41, 5.74) is 6.74. The first-order valence-corrected chi connectivity index (χ1v) is 13.1. The first-order chi connectivity index (χ1) is 15.7. The van der Waals surface area contributed by atoms with E-state index in [1.54, 1.807) is 0 Å². The Balaban J connectivity index is 1.12. The summed E-state index contributed by atoms with van der Waals surface area (Å²) in [5, 5.41) is 3.66. The fraction of sp³-hybridized carbons (Fsp3) is 0.917. The maximum atomic E-state index is 13.8. The van der Waals surface area contributed by atoms with Crippen molar-refractivity contribution in [2.24, 2.45) is 11.8 Å². The smallest absolute Gasteiger partial charge is 0.241 e. The van der Waals surface area contributed by atoms with Gasteiger partial charge in [0.2, 0.25) is 11.8 Å². The number of rotatable bonds is 4. The predicted molar refractivity (Wildman–Crippen MR) is 120 cm³/mol. The van der Waals surface area contributed by atoms with E-state index in [9.17, 15) is 9.59 Å². The number of nitrogens with zero attached hydrogens (tertiary/aromatic N) is 2. The van der Waals surface area contributed by atoms with Gasteiger partial charge < -0.3 is 19.9 Å². The lowest BCUT2D eigenvalue weighted by molar-refractivity contribution is -0.141. The zero-order chi connectivity index (χ0) is 21.7. The molecule has 3 N–H and O–H groups in total. The Morgan fingerprint density at radius 1 is 0.875 bits per heavy atom. The van der Waals surface area contributed by atoms with Gasteiger partial charge in [-0.05, 0) is 57.3 Å². The molecule has 0 aromatic rings. The molecule has 0 aromatic carbocycles. The van der Waals surface area contributed by atoms with Crippen LogP contribution in [0.5, 0.6) is 0 Å². The van der Waals surface area contributed by atoms with Crippen LogP contribution in [0, 0.1) is 11.8 Å². The third-order valence-corrected chi connectivity index (χ3v) is 9.03. The fourth-order valence-electron chi connectivity index (χ4n) is 7.11. The maximum Gasteiger partial charge on any atom is 0.241 e. The SMILES string of the molecule is O=C(C1CC2CCCCC2N1)N1CCC2NNC(C(=O)N(C3CCOCC3)C3CC3)C2C1. The van der Waals surface area contributed by atoms with E-state index >= 15 is 0 Å². The summed E-state index contributed by atoms with van der Waals surface area (Å²) in [6, 6.07) is 1.24. The summed E-state index contributed by atoms with van der Waals surface area (Å²) >= 11 is 0. The number of hydrogen-bond donors (Lipinski definition) is 3. The van der Waals surface area contributed by atoms with Crippen LogP contribution < -0.4 is 16.2 Å². The minimum atomic E-state index is -0.238. The highest BCUT2D eigenvalue weighted by atomic mass is 16.5. The second kappa shape index (κ2) is 8.85. The molecule has 178 valence electrons. The fourth-order valence-corrected chi connectivity index (χ4v) is 7.11. The van der Waals surface area contributed by atoms with E-state index in [0.717, 1.165) is 58.3 Å². The first-order valence-electron chi connectivity index (χ1n) is 13.1. The maximum absolute atomic E-state index is 13.8. The van der Waals surface area contributed by atoms with Crippen LogP contribution in [0.15, 0.2) is 0 Å². The number of hydrogen-bond acceptors (Lipinski definition) is 6.